The van der Waals surface area contributed by atoms with Crippen molar-refractivity contribution < 1.29 is 34.2 Å². The largest absolute Gasteiger partial charge is 0.480 e. The Labute approximate surface area is 173 Å². The highest BCUT2D eigenvalue weighted by Crippen LogP contribution is 2.03. The van der Waals surface area contributed by atoms with Gasteiger partial charge in [0.15, 0.2) is 0 Å². The van der Waals surface area contributed by atoms with Crippen LogP contribution in [0, 0.1) is 0 Å². The van der Waals surface area contributed by atoms with Crippen molar-refractivity contribution in [1.29, 1.82) is 0 Å². The number of hydrogen-bond acceptors (Lipinski definition) is 8. The average Bonchev–Trinajstić information content (AvgIpc) is 2.67. The van der Waals surface area contributed by atoms with E-state index in [9.17, 15) is 24.0 Å². The van der Waals surface area contributed by atoms with Gasteiger partial charge in [-0.25, -0.2) is 4.79 Å². The number of nitrogens with two attached hydrogens (primary N) is 2. The van der Waals surface area contributed by atoms with E-state index in [2.05, 4.69) is 28.6 Å². The molecule has 0 aromatic rings. The molecular formula is C16H29N5O7S. The van der Waals surface area contributed by atoms with Gasteiger partial charge in [0, 0.05) is 12.2 Å². The number of amides is 3. The fraction of sp³-hybridized carbons (Fsp3) is 0.688. The monoisotopic (exact) mass is 435 g/mol. The summed E-state index contributed by atoms with van der Waals surface area (Å²) in [7, 11) is 0. The molecule has 0 unspecified atom stereocenters. The van der Waals surface area contributed by atoms with Gasteiger partial charge in [-0.15, -0.1) is 0 Å². The van der Waals surface area contributed by atoms with Gasteiger partial charge in [-0.2, -0.15) is 12.6 Å². The summed E-state index contributed by atoms with van der Waals surface area (Å²) in [5, 5.41) is 24.5. The number of hydrogen-bond donors (Lipinski definition) is 8. The maximum Gasteiger partial charge on any atom is 0.326 e. The number of carbonyl (C=O) groups is 5. The first-order valence-electron chi connectivity index (χ1n) is 9.00. The molecule has 0 bridgehead atoms. The number of carboxylic acid groups (broad SMARTS) is 2. The molecule has 0 saturated heterocycles. The van der Waals surface area contributed by atoms with Crippen LogP contribution in [-0.4, -0.2) is 76.8 Å². The second kappa shape index (κ2) is 14.6. The van der Waals surface area contributed by atoms with Gasteiger partial charge in [-0.3, -0.25) is 19.2 Å². The van der Waals surface area contributed by atoms with Crippen molar-refractivity contribution in [3.05, 3.63) is 0 Å². The predicted octanol–water partition coefficient (Wildman–Crippen LogP) is -2.59. The standard InChI is InChI=1S/C16H29N5O7S/c17-6-2-1-3-10(16(27)28)21-14(25)9(18)4-5-12(22)20-11(8-29)15(26)19-7-13(23)24/h9-11,29H,1-8,17-18H2,(H,19,26)(H,20,22)(H,21,25)(H,23,24)(H,27,28)/t9-,10-,11-/m0/s1. The van der Waals surface area contributed by atoms with E-state index in [0.29, 0.717) is 19.4 Å². The minimum atomic E-state index is -1.23. The second-order valence-corrected chi connectivity index (χ2v) is 6.61. The highest BCUT2D eigenvalue weighted by Gasteiger charge is 2.24. The molecule has 29 heavy (non-hydrogen) atoms. The number of carbonyl (C=O) groups excluding carboxylic acids is 3. The molecule has 0 saturated carbocycles. The van der Waals surface area contributed by atoms with Gasteiger partial charge in [0.1, 0.15) is 18.6 Å². The summed E-state index contributed by atoms with van der Waals surface area (Å²) in [5.74, 6) is -4.49. The molecule has 0 aromatic carbocycles. The van der Waals surface area contributed by atoms with E-state index in [1.54, 1.807) is 0 Å². The number of aliphatic carboxylic acids is 2. The van der Waals surface area contributed by atoms with Crippen LogP contribution in [0.2, 0.25) is 0 Å². The third-order valence-electron chi connectivity index (χ3n) is 3.83. The minimum absolute atomic E-state index is 0.0627. The number of rotatable bonds is 15. The summed E-state index contributed by atoms with van der Waals surface area (Å²) >= 11 is 3.93. The van der Waals surface area contributed by atoms with Gasteiger partial charge in [0.25, 0.3) is 0 Å². The molecule has 12 nitrogen and oxygen atoms in total. The molecule has 0 aliphatic carbocycles. The minimum Gasteiger partial charge on any atom is -0.480 e. The molecule has 13 heteroatoms. The van der Waals surface area contributed by atoms with Crippen LogP contribution in [0.1, 0.15) is 32.1 Å². The van der Waals surface area contributed by atoms with Crippen LogP contribution in [0.15, 0.2) is 0 Å². The lowest BCUT2D eigenvalue weighted by atomic mass is 10.1. The van der Waals surface area contributed by atoms with Gasteiger partial charge in [-0.05, 0) is 32.2 Å². The molecular weight excluding hydrogens is 406 g/mol. The normalized spacial score (nSPS) is 13.6. The van der Waals surface area contributed by atoms with Crippen molar-refractivity contribution in [2.45, 2.75) is 50.2 Å². The third kappa shape index (κ3) is 11.9. The van der Waals surface area contributed by atoms with E-state index in [4.69, 9.17) is 21.7 Å². The lowest BCUT2D eigenvalue weighted by Gasteiger charge is -2.19. The Hall–Kier alpha value is -2.38. The number of unbranched alkanes of at least 4 members (excludes halogenated alkanes) is 1. The van der Waals surface area contributed by atoms with Crippen molar-refractivity contribution >= 4 is 42.3 Å². The topological polar surface area (TPSA) is 214 Å². The first kappa shape index (κ1) is 26.6. The maximum atomic E-state index is 12.1. The summed E-state index contributed by atoms with van der Waals surface area (Å²) in [6, 6.07) is -3.26. The van der Waals surface area contributed by atoms with Crippen molar-refractivity contribution in [3.63, 3.8) is 0 Å². The quantitative estimate of drug-likeness (QED) is 0.0998. The molecule has 166 valence electrons. The zero-order valence-electron chi connectivity index (χ0n) is 15.9. The van der Waals surface area contributed by atoms with Crippen LogP contribution in [0.4, 0.5) is 0 Å². The molecule has 0 spiro atoms. The Morgan fingerprint density at radius 3 is 2.10 bits per heavy atom. The van der Waals surface area contributed by atoms with Crippen LogP contribution in [0.25, 0.3) is 0 Å². The van der Waals surface area contributed by atoms with Crippen LogP contribution < -0.4 is 27.4 Å². The maximum absolute atomic E-state index is 12.1. The molecule has 3 amide bonds. The lowest BCUT2D eigenvalue weighted by molar-refractivity contribution is -0.142. The Balaban J connectivity index is 4.47. The fourth-order valence-corrected chi connectivity index (χ4v) is 2.45. The van der Waals surface area contributed by atoms with E-state index in [1.807, 2.05) is 0 Å². The van der Waals surface area contributed by atoms with Crippen LogP contribution in [0.5, 0.6) is 0 Å². The summed E-state index contributed by atoms with van der Waals surface area (Å²) in [5.41, 5.74) is 11.1. The first-order chi connectivity index (χ1) is 13.6. The average molecular weight is 436 g/mol. The second-order valence-electron chi connectivity index (χ2n) is 6.24. The summed E-state index contributed by atoms with van der Waals surface area (Å²) in [6.45, 7) is -0.184. The Bertz CT molecular complexity index is 590. The summed E-state index contributed by atoms with van der Waals surface area (Å²) in [6.07, 6.45) is 1.08. The molecule has 0 radical (unpaired) electrons. The molecule has 0 aliphatic heterocycles. The number of carboxylic acids is 2. The molecule has 0 rings (SSSR count). The fourth-order valence-electron chi connectivity index (χ4n) is 2.19. The van der Waals surface area contributed by atoms with E-state index in [0.717, 1.165) is 0 Å². The van der Waals surface area contributed by atoms with Gasteiger partial charge in [-0.1, -0.05) is 0 Å². The Morgan fingerprint density at radius 2 is 1.59 bits per heavy atom. The van der Waals surface area contributed by atoms with E-state index in [-0.39, 0.29) is 25.0 Å². The first-order valence-corrected chi connectivity index (χ1v) is 9.64. The highest BCUT2D eigenvalue weighted by atomic mass is 32.1. The van der Waals surface area contributed by atoms with Crippen LogP contribution >= 0.6 is 12.6 Å². The van der Waals surface area contributed by atoms with Crippen molar-refractivity contribution in [2.75, 3.05) is 18.8 Å². The molecule has 9 N–H and O–H groups in total. The van der Waals surface area contributed by atoms with E-state index in [1.165, 1.54) is 0 Å². The summed E-state index contributed by atoms with van der Waals surface area (Å²) < 4.78 is 0. The zero-order chi connectivity index (χ0) is 22.4. The lowest BCUT2D eigenvalue weighted by Crippen LogP contribution is -2.50. The van der Waals surface area contributed by atoms with Crippen LogP contribution in [0.3, 0.4) is 0 Å². The predicted molar refractivity (Wildman–Crippen MR) is 106 cm³/mol. The van der Waals surface area contributed by atoms with Gasteiger partial charge in [0.2, 0.25) is 17.7 Å². The van der Waals surface area contributed by atoms with E-state index < -0.39 is 54.3 Å². The zero-order valence-corrected chi connectivity index (χ0v) is 16.8. The number of nitrogens with one attached hydrogen (secondary N) is 3. The molecule has 0 aromatic heterocycles. The SMILES string of the molecule is NCCCC[C@H](NC(=O)[C@@H](N)CCC(=O)N[C@@H](CS)C(=O)NCC(=O)O)C(=O)O. The summed E-state index contributed by atoms with van der Waals surface area (Å²) in [4.78, 5) is 57.4. The van der Waals surface area contributed by atoms with Crippen molar-refractivity contribution in [1.82, 2.24) is 16.0 Å². The Kier molecular flexibility index (Phi) is 13.4. The molecule has 3 atom stereocenters. The van der Waals surface area contributed by atoms with Crippen LogP contribution in [-0.2, 0) is 24.0 Å². The third-order valence-corrected chi connectivity index (χ3v) is 4.19. The van der Waals surface area contributed by atoms with Gasteiger partial charge in [0.05, 0.1) is 6.04 Å². The Morgan fingerprint density at radius 1 is 0.931 bits per heavy atom. The van der Waals surface area contributed by atoms with Crippen molar-refractivity contribution in [3.8, 4) is 0 Å². The molecule has 0 heterocycles. The van der Waals surface area contributed by atoms with Gasteiger partial charge < -0.3 is 37.6 Å². The van der Waals surface area contributed by atoms with Crippen molar-refractivity contribution in [2.24, 2.45) is 11.5 Å². The van der Waals surface area contributed by atoms with Gasteiger partial charge >= 0.3 is 11.9 Å². The number of thiol groups is 1. The van der Waals surface area contributed by atoms with E-state index >= 15 is 0 Å². The molecule has 0 fully saturated rings. The smallest absolute Gasteiger partial charge is 0.326 e. The molecule has 0 aliphatic rings. The highest BCUT2D eigenvalue weighted by molar-refractivity contribution is 7.80.